The number of aliphatic hydroxyl groups is 2. The molecule has 6 nitrogen and oxygen atoms in total. The number of methoxy groups -OCH3 is 1. The molecule has 1 atom stereocenters. The maximum atomic E-state index is 9.29. The number of nitrogen functional groups attached to an aromatic ring is 1. The SMILES string of the molecule is COc1cc(NCC(O)CO)cc2sc(N)nc12. The molecule has 1 aromatic carbocycles. The van der Waals surface area contributed by atoms with Crippen LogP contribution >= 0.6 is 11.3 Å². The van der Waals surface area contributed by atoms with E-state index in [2.05, 4.69) is 10.3 Å². The Morgan fingerprint density at radius 1 is 1.56 bits per heavy atom. The van der Waals surface area contributed by atoms with Crippen LogP contribution in [-0.2, 0) is 0 Å². The Morgan fingerprint density at radius 3 is 3.00 bits per heavy atom. The number of fused-ring (bicyclic) bond motifs is 1. The Balaban J connectivity index is 2.28. The molecular weight excluding hydrogens is 254 g/mol. The van der Waals surface area contributed by atoms with Crippen LogP contribution in [-0.4, -0.2) is 41.6 Å². The number of nitrogens with two attached hydrogens (primary N) is 1. The van der Waals surface area contributed by atoms with E-state index in [1.807, 2.05) is 6.07 Å². The van der Waals surface area contributed by atoms with Crippen molar-refractivity contribution >= 4 is 32.4 Å². The fourth-order valence-electron chi connectivity index (χ4n) is 1.57. The second-order valence-electron chi connectivity index (χ2n) is 3.79. The molecule has 18 heavy (non-hydrogen) atoms. The maximum Gasteiger partial charge on any atom is 0.181 e. The molecule has 0 aliphatic rings. The molecule has 7 heteroatoms. The average molecular weight is 269 g/mol. The molecule has 2 rings (SSSR count). The average Bonchev–Trinajstić information content (AvgIpc) is 2.74. The van der Waals surface area contributed by atoms with E-state index in [1.54, 1.807) is 13.2 Å². The van der Waals surface area contributed by atoms with Gasteiger partial charge in [0.15, 0.2) is 5.13 Å². The number of aromatic nitrogens is 1. The van der Waals surface area contributed by atoms with Gasteiger partial charge in [-0.3, -0.25) is 0 Å². The van der Waals surface area contributed by atoms with Gasteiger partial charge >= 0.3 is 0 Å². The molecule has 98 valence electrons. The first-order valence-corrected chi connectivity index (χ1v) is 6.22. The minimum atomic E-state index is -0.793. The molecule has 2 aromatic rings. The Kier molecular flexibility index (Phi) is 3.85. The van der Waals surface area contributed by atoms with Crippen LogP contribution in [0.4, 0.5) is 10.8 Å². The smallest absolute Gasteiger partial charge is 0.181 e. The Labute approximate surface area is 108 Å². The predicted molar refractivity (Wildman–Crippen MR) is 72.2 cm³/mol. The molecule has 0 amide bonds. The van der Waals surface area contributed by atoms with Crippen molar-refractivity contribution in [2.24, 2.45) is 0 Å². The van der Waals surface area contributed by atoms with E-state index in [0.717, 1.165) is 15.9 Å². The fraction of sp³-hybridized carbons (Fsp3) is 0.364. The molecule has 5 N–H and O–H groups in total. The molecule has 0 aliphatic carbocycles. The van der Waals surface area contributed by atoms with Gasteiger partial charge in [-0.15, -0.1) is 0 Å². The topological polar surface area (TPSA) is 101 Å². The van der Waals surface area contributed by atoms with Crippen molar-refractivity contribution in [2.45, 2.75) is 6.10 Å². The van der Waals surface area contributed by atoms with Crippen molar-refractivity contribution in [3.8, 4) is 5.75 Å². The fourth-order valence-corrected chi connectivity index (χ4v) is 2.36. The lowest BCUT2D eigenvalue weighted by molar-refractivity contribution is 0.105. The zero-order valence-corrected chi connectivity index (χ0v) is 10.7. The van der Waals surface area contributed by atoms with Crippen molar-refractivity contribution in [3.63, 3.8) is 0 Å². The summed E-state index contributed by atoms with van der Waals surface area (Å²) < 4.78 is 6.16. The first-order chi connectivity index (χ1) is 8.63. The summed E-state index contributed by atoms with van der Waals surface area (Å²) in [6.07, 6.45) is -0.793. The lowest BCUT2D eigenvalue weighted by Gasteiger charge is -2.11. The van der Waals surface area contributed by atoms with Crippen molar-refractivity contribution in [1.82, 2.24) is 4.98 Å². The number of hydrogen-bond donors (Lipinski definition) is 4. The summed E-state index contributed by atoms with van der Waals surface area (Å²) in [5, 5.41) is 21.5. The van der Waals surface area contributed by atoms with Crippen LogP contribution in [0, 0.1) is 0 Å². The molecule has 0 spiro atoms. The molecule has 0 aliphatic heterocycles. The first kappa shape index (κ1) is 12.9. The molecular formula is C11H15N3O3S. The Hall–Kier alpha value is -1.57. The molecule has 0 saturated heterocycles. The number of hydrogen-bond acceptors (Lipinski definition) is 7. The molecule has 1 aromatic heterocycles. The van der Waals surface area contributed by atoms with E-state index in [9.17, 15) is 5.11 Å². The number of thiazole rings is 1. The third kappa shape index (κ3) is 2.63. The van der Waals surface area contributed by atoms with E-state index in [-0.39, 0.29) is 13.2 Å². The highest BCUT2D eigenvalue weighted by atomic mass is 32.1. The van der Waals surface area contributed by atoms with Crippen LogP contribution < -0.4 is 15.8 Å². The number of rotatable bonds is 5. The van der Waals surface area contributed by atoms with Crippen molar-refractivity contribution in [1.29, 1.82) is 0 Å². The largest absolute Gasteiger partial charge is 0.494 e. The Morgan fingerprint density at radius 2 is 2.33 bits per heavy atom. The number of benzene rings is 1. The second kappa shape index (κ2) is 5.38. The third-order valence-corrected chi connectivity index (χ3v) is 3.28. The number of nitrogens with zero attached hydrogens (tertiary/aromatic N) is 1. The van der Waals surface area contributed by atoms with Crippen LogP contribution in [0.25, 0.3) is 10.2 Å². The Bertz CT molecular complexity index is 544. The van der Waals surface area contributed by atoms with Gasteiger partial charge in [0.05, 0.1) is 24.5 Å². The molecule has 0 saturated carbocycles. The number of anilines is 2. The van der Waals surface area contributed by atoms with E-state index in [4.69, 9.17) is 15.6 Å². The second-order valence-corrected chi connectivity index (χ2v) is 4.86. The normalized spacial score (nSPS) is 12.6. The van der Waals surface area contributed by atoms with Gasteiger partial charge in [-0.1, -0.05) is 11.3 Å². The highest BCUT2D eigenvalue weighted by molar-refractivity contribution is 7.22. The van der Waals surface area contributed by atoms with Gasteiger partial charge in [0.1, 0.15) is 11.3 Å². The van der Waals surface area contributed by atoms with E-state index < -0.39 is 6.10 Å². The summed E-state index contributed by atoms with van der Waals surface area (Å²) in [5.41, 5.74) is 7.18. The summed E-state index contributed by atoms with van der Waals surface area (Å²) in [7, 11) is 1.57. The monoisotopic (exact) mass is 269 g/mol. The molecule has 1 heterocycles. The zero-order valence-electron chi connectivity index (χ0n) is 9.88. The van der Waals surface area contributed by atoms with Gasteiger partial charge in [0, 0.05) is 18.3 Å². The van der Waals surface area contributed by atoms with E-state index in [1.165, 1.54) is 11.3 Å². The lowest BCUT2D eigenvalue weighted by atomic mass is 10.2. The molecule has 1 unspecified atom stereocenters. The van der Waals surface area contributed by atoms with Gasteiger partial charge in [0.25, 0.3) is 0 Å². The van der Waals surface area contributed by atoms with E-state index in [0.29, 0.717) is 10.9 Å². The summed E-state index contributed by atoms with van der Waals surface area (Å²) in [6.45, 7) is -0.0146. The van der Waals surface area contributed by atoms with Crippen molar-refractivity contribution < 1.29 is 14.9 Å². The van der Waals surface area contributed by atoms with Gasteiger partial charge in [-0.05, 0) is 6.07 Å². The van der Waals surface area contributed by atoms with Gasteiger partial charge in [-0.25, -0.2) is 4.98 Å². The number of nitrogens with one attached hydrogen (secondary N) is 1. The highest BCUT2D eigenvalue weighted by Gasteiger charge is 2.10. The summed E-state index contributed by atoms with van der Waals surface area (Å²) in [4.78, 5) is 4.19. The van der Waals surface area contributed by atoms with Gasteiger partial charge in [0.2, 0.25) is 0 Å². The first-order valence-electron chi connectivity index (χ1n) is 5.41. The minimum Gasteiger partial charge on any atom is -0.494 e. The van der Waals surface area contributed by atoms with Gasteiger partial charge in [-0.2, -0.15) is 0 Å². The van der Waals surface area contributed by atoms with E-state index >= 15 is 0 Å². The lowest BCUT2D eigenvalue weighted by Crippen LogP contribution is -2.22. The quantitative estimate of drug-likeness (QED) is 0.636. The van der Waals surface area contributed by atoms with Crippen LogP contribution in [0.15, 0.2) is 12.1 Å². The van der Waals surface area contributed by atoms with Crippen LogP contribution in [0.2, 0.25) is 0 Å². The number of ether oxygens (including phenoxy) is 1. The summed E-state index contributed by atoms with van der Waals surface area (Å²) >= 11 is 1.37. The van der Waals surface area contributed by atoms with Crippen molar-refractivity contribution in [2.75, 3.05) is 31.3 Å². The molecule has 0 radical (unpaired) electrons. The summed E-state index contributed by atoms with van der Waals surface area (Å²) in [6, 6.07) is 3.67. The standard InChI is InChI=1S/C11H15N3O3S/c1-17-8-2-6(13-4-7(16)5-15)3-9-10(8)14-11(12)18-9/h2-3,7,13,15-16H,4-5H2,1H3,(H2,12,14). The molecule has 0 fully saturated rings. The van der Waals surface area contributed by atoms with Crippen LogP contribution in [0.5, 0.6) is 5.75 Å². The zero-order chi connectivity index (χ0) is 13.1. The minimum absolute atomic E-state index is 0.263. The van der Waals surface area contributed by atoms with Crippen LogP contribution in [0.1, 0.15) is 0 Å². The van der Waals surface area contributed by atoms with Crippen LogP contribution in [0.3, 0.4) is 0 Å². The summed E-state index contributed by atoms with van der Waals surface area (Å²) in [5.74, 6) is 0.626. The third-order valence-electron chi connectivity index (χ3n) is 2.45. The van der Waals surface area contributed by atoms with Crippen molar-refractivity contribution in [3.05, 3.63) is 12.1 Å². The molecule has 0 bridgehead atoms. The maximum absolute atomic E-state index is 9.29. The van der Waals surface area contributed by atoms with Gasteiger partial charge < -0.3 is 26.0 Å². The predicted octanol–water partition coefficient (Wildman–Crippen LogP) is 0.652. The highest BCUT2D eigenvalue weighted by Crippen LogP contribution is 2.34. The number of aliphatic hydroxyl groups excluding tert-OH is 2.